The van der Waals surface area contributed by atoms with Crippen LogP contribution in [-0.4, -0.2) is 0 Å². The Labute approximate surface area is 116 Å². The molecule has 0 saturated heterocycles. The first-order chi connectivity index (χ1) is 9.43. The molecule has 0 N–H and O–H groups in total. The summed E-state index contributed by atoms with van der Waals surface area (Å²) in [5.74, 6) is 1.58. The van der Waals surface area contributed by atoms with Gasteiger partial charge in [-0.15, -0.1) is 0 Å². The lowest BCUT2D eigenvalue weighted by Crippen LogP contribution is -2.12. The van der Waals surface area contributed by atoms with Gasteiger partial charge in [0, 0.05) is 0 Å². The molecule has 0 bridgehead atoms. The van der Waals surface area contributed by atoms with Crippen LogP contribution in [0.15, 0.2) is 60.7 Å². The van der Waals surface area contributed by atoms with Gasteiger partial charge in [0.15, 0.2) is 0 Å². The Morgan fingerprint density at radius 1 is 0.789 bits per heavy atom. The van der Waals surface area contributed by atoms with Gasteiger partial charge in [-0.2, -0.15) is 0 Å². The molecular formula is C19H22. The highest BCUT2D eigenvalue weighted by Crippen LogP contribution is 2.39. The largest absolute Gasteiger partial charge is 0.0622 e. The molecule has 3 rings (SSSR count). The van der Waals surface area contributed by atoms with Crippen molar-refractivity contribution in [2.75, 3.05) is 0 Å². The fraction of sp³-hybridized carbons (Fsp3) is 0.368. The van der Waals surface area contributed by atoms with Crippen molar-refractivity contribution in [2.45, 2.75) is 38.0 Å². The van der Waals surface area contributed by atoms with Crippen LogP contribution in [0, 0.1) is 5.92 Å². The minimum atomic E-state index is 0.700. The van der Waals surface area contributed by atoms with Crippen LogP contribution in [0.5, 0.6) is 0 Å². The molecule has 0 nitrogen and oxygen atoms in total. The molecule has 1 unspecified atom stereocenters. The van der Waals surface area contributed by atoms with E-state index in [0.717, 1.165) is 5.92 Å². The molecule has 2 aromatic carbocycles. The predicted octanol–water partition coefficient (Wildman–Crippen LogP) is 5.20. The second kappa shape index (κ2) is 6.06. The lowest BCUT2D eigenvalue weighted by atomic mass is 9.80. The van der Waals surface area contributed by atoms with Crippen LogP contribution < -0.4 is 0 Å². The van der Waals surface area contributed by atoms with E-state index < -0.39 is 0 Å². The quantitative estimate of drug-likeness (QED) is 0.699. The molecular weight excluding hydrogens is 228 g/mol. The molecule has 0 heteroatoms. The Morgan fingerprint density at radius 2 is 1.37 bits per heavy atom. The molecule has 1 atom stereocenters. The van der Waals surface area contributed by atoms with Gasteiger partial charge in [0.2, 0.25) is 0 Å². The molecule has 0 spiro atoms. The van der Waals surface area contributed by atoms with Crippen molar-refractivity contribution in [2.24, 2.45) is 5.92 Å². The molecule has 0 heterocycles. The van der Waals surface area contributed by atoms with Crippen molar-refractivity contribution in [3.63, 3.8) is 0 Å². The Bertz CT molecular complexity index is 480. The average Bonchev–Trinajstić information content (AvgIpc) is 3.01. The average molecular weight is 250 g/mol. The summed E-state index contributed by atoms with van der Waals surface area (Å²) in [4.78, 5) is 0. The molecule has 1 fully saturated rings. The second-order valence-electron chi connectivity index (χ2n) is 5.75. The summed E-state index contributed by atoms with van der Waals surface area (Å²) in [6, 6.07) is 22.1. The lowest BCUT2D eigenvalue weighted by Gasteiger charge is -2.24. The molecule has 1 aliphatic carbocycles. The highest BCUT2D eigenvalue weighted by Gasteiger charge is 2.26. The van der Waals surface area contributed by atoms with Crippen LogP contribution >= 0.6 is 0 Å². The number of hydrogen-bond acceptors (Lipinski definition) is 0. The van der Waals surface area contributed by atoms with Crippen molar-refractivity contribution in [1.82, 2.24) is 0 Å². The molecule has 98 valence electrons. The van der Waals surface area contributed by atoms with Crippen molar-refractivity contribution in [3.8, 4) is 0 Å². The summed E-state index contributed by atoms with van der Waals surface area (Å²) in [6.45, 7) is 0. The predicted molar refractivity (Wildman–Crippen MR) is 81.3 cm³/mol. The van der Waals surface area contributed by atoms with Crippen LogP contribution in [0.3, 0.4) is 0 Å². The third-order valence-electron chi connectivity index (χ3n) is 4.50. The summed E-state index contributed by atoms with van der Waals surface area (Å²) in [6.07, 6.45) is 6.85. The van der Waals surface area contributed by atoms with Crippen molar-refractivity contribution in [3.05, 3.63) is 71.8 Å². The zero-order valence-electron chi connectivity index (χ0n) is 11.5. The van der Waals surface area contributed by atoms with E-state index in [1.165, 1.54) is 43.2 Å². The zero-order valence-corrected chi connectivity index (χ0v) is 11.5. The zero-order chi connectivity index (χ0) is 12.9. The molecule has 2 aromatic rings. The van der Waals surface area contributed by atoms with E-state index in [0.29, 0.717) is 5.92 Å². The third kappa shape index (κ3) is 3.07. The summed E-state index contributed by atoms with van der Waals surface area (Å²) in [5.41, 5.74) is 3.00. The first-order valence-electron chi connectivity index (χ1n) is 7.52. The van der Waals surface area contributed by atoms with Crippen LogP contribution in [0.1, 0.15) is 42.7 Å². The van der Waals surface area contributed by atoms with Gasteiger partial charge in [0.1, 0.15) is 0 Å². The van der Waals surface area contributed by atoms with E-state index >= 15 is 0 Å². The van der Waals surface area contributed by atoms with E-state index in [1.54, 1.807) is 0 Å². The highest BCUT2D eigenvalue weighted by molar-refractivity contribution is 5.25. The summed E-state index contributed by atoms with van der Waals surface area (Å²) >= 11 is 0. The third-order valence-corrected chi connectivity index (χ3v) is 4.50. The topological polar surface area (TPSA) is 0 Å². The highest BCUT2D eigenvalue weighted by atomic mass is 14.3. The Balaban J connectivity index is 1.84. The Morgan fingerprint density at radius 3 is 2.00 bits per heavy atom. The van der Waals surface area contributed by atoms with E-state index in [9.17, 15) is 0 Å². The molecule has 0 amide bonds. The van der Waals surface area contributed by atoms with E-state index in [4.69, 9.17) is 0 Å². The first kappa shape index (κ1) is 12.5. The van der Waals surface area contributed by atoms with Crippen LogP contribution in [0.4, 0.5) is 0 Å². The molecule has 1 saturated carbocycles. The van der Waals surface area contributed by atoms with Crippen LogP contribution in [0.2, 0.25) is 0 Å². The van der Waals surface area contributed by atoms with Crippen molar-refractivity contribution >= 4 is 0 Å². The molecule has 0 aromatic heterocycles. The SMILES string of the molecule is c1ccc(CC(c2ccccc2)C2CCCC2)cc1. The van der Waals surface area contributed by atoms with Gasteiger partial charge in [0.25, 0.3) is 0 Å². The Kier molecular flexibility index (Phi) is 3.98. The van der Waals surface area contributed by atoms with Gasteiger partial charge in [-0.25, -0.2) is 0 Å². The van der Waals surface area contributed by atoms with Crippen LogP contribution in [0.25, 0.3) is 0 Å². The fourth-order valence-electron chi connectivity index (χ4n) is 3.48. The summed E-state index contributed by atoms with van der Waals surface area (Å²) < 4.78 is 0. The standard InChI is InChI=1S/C19H22/c1-3-9-16(10-4-1)15-19(18-13-7-8-14-18)17-11-5-2-6-12-17/h1-6,9-12,18-19H,7-8,13-15H2. The minimum Gasteiger partial charge on any atom is -0.0622 e. The maximum absolute atomic E-state index is 2.31. The van der Waals surface area contributed by atoms with Gasteiger partial charge in [0.05, 0.1) is 0 Å². The molecule has 19 heavy (non-hydrogen) atoms. The van der Waals surface area contributed by atoms with E-state index in [2.05, 4.69) is 60.7 Å². The Hall–Kier alpha value is -1.56. The molecule has 1 aliphatic rings. The maximum Gasteiger partial charge on any atom is -0.00931 e. The van der Waals surface area contributed by atoms with Crippen LogP contribution in [-0.2, 0) is 6.42 Å². The van der Waals surface area contributed by atoms with E-state index in [-0.39, 0.29) is 0 Å². The minimum absolute atomic E-state index is 0.700. The number of hydrogen-bond donors (Lipinski definition) is 0. The monoisotopic (exact) mass is 250 g/mol. The van der Waals surface area contributed by atoms with Crippen molar-refractivity contribution in [1.29, 1.82) is 0 Å². The first-order valence-corrected chi connectivity index (χ1v) is 7.52. The lowest BCUT2D eigenvalue weighted by molar-refractivity contribution is 0.431. The maximum atomic E-state index is 2.31. The number of benzene rings is 2. The fourth-order valence-corrected chi connectivity index (χ4v) is 3.48. The van der Waals surface area contributed by atoms with Gasteiger partial charge in [-0.3, -0.25) is 0 Å². The van der Waals surface area contributed by atoms with Gasteiger partial charge < -0.3 is 0 Å². The van der Waals surface area contributed by atoms with Crippen molar-refractivity contribution < 1.29 is 0 Å². The second-order valence-corrected chi connectivity index (χ2v) is 5.75. The van der Waals surface area contributed by atoms with Gasteiger partial charge in [-0.05, 0) is 42.2 Å². The van der Waals surface area contributed by atoms with Gasteiger partial charge in [-0.1, -0.05) is 73.5 Å². The summed E-state index contributed by atoms with van der Waals surface area (Å²) in [7, 11) is 0. The normalized spacial score (nSPS) is 17.5. The molecule has 0 aliphatic heterocycles. The summed E-state index contributed by atoms with van der Waals surface area (Å²) in [5, 5.41) is 0. The smallest absolute Gasteiger partial charge is 0.00931 e. The van der Waals surface area contributed by atoms with E-state index in [1.807, 2.05) is 0 Å². The van der Waals surface area contributed by atoms with Gasteiger partial charge >= 0.3 is 0 Å². The number of rotatable bonds is 4. The molecule has 0 radical (unpaired) electrons.